The molecule has 0 atom stereocenters. The zero-order valence-corrected chi connectivity index (χ0v) is 12.3. The number of hydrogen-bond acceptors (Lipinski definition) is 6. The molecule has 0 aliphatic carbocycles. The standard InChI is InChI=1S/C16H15N3O4/c20-15-13-11(3-1-5-17-13)12(18-14(15)16(21)22)4-2-6-19-7-9-23-10-8-19/h1,3,5,20H,6-10H2,(H,21,22). The number of nitrogens with zero attached hydrogens (tertiary/aromatic N) is 3. The predicted octanol–water partition coefficient (Wildman–Crippen LogP) is 0.717. The van der Waals surface area contributed by atoms with E-state index in [1.54, 1.807) is 12.1 Å². The molecule has 0 saturated carbocycles. The third kappa shape index (κ3) is 3.23. The van der Waals surface area contributed by atoms with Crippen molar-refractivity contribution in [2.24, 2.45) is 0 Å². The molecule has 3 rings (SSSR count). The highest BCUT2D eigenvalue weighted by molar-refractivity contribution is 5.98. The van der Waals surface area contributed by atoms with Crippen LogP contribution in [0.2, 0.25) is 0 Å². The molecule has 2 aromatic rings. The van der Waals surface area contributed by atoms with Gasteiger partial charge in [-0.2, -0.15) is 0 Å². The molecule has 7 heteroatoms. The van der Waals surface area contributed by atoms with Crippen molar-refractivity contribution in [3.05, 3.63) is 29.7 Å². The maximum atomic E-state index is 11.2. The van der Waals surface area contributed by atoms with Crippen molar-refractivity contribution < 1.29 is 19.7 Å². The number of aromatic nitrogens is 2. The van der Waals surface area contributed by atoms with Crippen LogP contribution in [0.4, 0.5) is 0 Å². The summed E-state index contributed by atoms with van der Waals surface area (Å²) in [6, 6.07) is 3.40. The van der Waals surface area contributed by atoms with Gasteiger partial charge in [-0.05, 0) is 18.1 Å². The second-order valence-electron chi connectivity index (χ2n) is 5.05. The first-order chi connectivity index (χ1) is 11.2. The molecule has 3 heterocycles. The maximum absolute atomic E-state index is 11.2. The van der Waals surface area contributed by atoms with Crippen molar-refractivity contribution in [3.8, 4) is 17.6 Å². The van der Waals surface area contributed by atoms with Gasteiger partial charge in [0, 0.05) is 24.7 Å². The van der Waals surface area contributed by atoms with Crippen molar-refractivity contribution in [2.45, 2.75) is 0 Å². The Morgan fingerprint density at radius 3 is 2.91 bits per heavy atom. The first-order valence-electron chi connectivity index (χ1n) is 7.17. The minimum Gasteiger partial charge on any atom is -0.504 e. The number of carbonyl (C=O) groups is 1. The molecule has 1 aliphatic heterocycles. The minimum atomic E-state index is -1.31. The summed E-state index contributed by atoms with van der Waals surface area (Å²) < 4.78 is 5.27. The molecule has 0 radical (unpaired) electrons. The van der Waals surface area contributed by atoms with E-state index in [0.29, 0.717) is 30.8 Å². The Morgan fingerprint density at radius 1 is 1.39 bits per heavy atom. The van der Waals surface area contributed by atoms with Crippen LogP contribution in [0.3, 0.4) is 0 Å². The molecule has 23 heavy (non-hydrogen) atoms. The third-order valence-electron chi connectivity index (χ3n) is 3.55. The maximum Gasteiger partial charge on any atom is 0.358 e. The van der Waals surface area contributed by atoms with Crippen LogP contribution in [-0.2, 0) is 4.74 Å². The van der Waals surface area contributed by atoms with E-state index in [9.17, 15) is 9.90 Å². The number of aromatic carboxylic acids is 1. The summed E-state index contributed by atoms with van der Waals surface area (Å²) in [5.41, 5.74) is 0.0546. The molecule has 0 spiro atoms. The Labute approximate surface area is 132 Å². The largest absolute Gasteiger partial charge is 0.504 e. The van der Waals surface area contributed by atoms with Gasteiger partial charge in [-0.25, -0.2) is 9.78 Å². The number of aromatic hydroxyl groups is 1. The molecule has 1 aliphatic rings. The Hall–Kier alpha value is -2.69. The van der Waals surface area contributed by atoms with E-state index >= 15 is 0 Å². The number of hydrogen-bond donors (Lipinski definition) is 2. The van der Waals surface area contributed by atoms with Gasteiger partial charge in [0.25, 0.3) is 0 Å². The molecule has 1 fully saturated rings. The molecule has 2 aromatic heterocycles. The lowest BCUT2D eigenvalue weighted by Crippen LogP contribution is -2.36. The fourth-order valence-electron chi connectivity index (χ4n) is 2.36. The van der Waals surface area contributed by atoms with Crippen LogP contribution >= 0.6 is 0 Å². The first kappa shape index (κ1) is 15.2. The highest BCUT2D eigenvalue weighted by atomic mass is 16.5. The van der Waals surface area contributed by atoms with Gasteiger partial charge in [0.2, 0.25) is 0 Å². The quantitative estimate of drug-likeness (QED) is 0.789. The van der Waals surface area contributed by atoms with Crippen LogP contribution in [0.5, 0.6) is 5.75 Å². The Bertz CT molecular complexity index is 804. The predicted molar refractivity (Wildman–Crippen MR) is 82.3 cm³/mol. The fraction of sp³-hybridized carbons (Fsp3) is 0.312. The van der Waals surface area contributed by atoms with Crippen LogP contribution in [0, 0.1) is 11.8 Å². The fourth-order valence-corrected chi connectivity index (χ4v) is 2.36. The Kier molecular flexibility index (Phi) is 4.37. The summed E-state index contributed by atoms with van der Waals surface area (Å²) in [5.74, 6) is 4.15. The Morgan fingerprint density at radius 2 is 2.17 bits per heavy atom. The number of pyridine rings is 2. The monoisotopic (exact) mass is 313 g/mol. The van der Waals surface area contributed by atoms with E-state index in [-0.39, 0.29) is 5.52 Å². The van der Waals surface area contributed by atoms with E-state index in [1.807, 2.05) is 0 Å². The van der Waals surface area contributed by atoms with Gasteiger partial charge in [-0.15, -0.1) is 0 Å². The summed E-state index contributed by atoms with van der Waals surface area (Å²) in [6.45, 7) is 3.57. The first-order valence-corrected chi connectivity index (χ1v) is 7.17. The molecular weight excluding hydrogens is 298 g/mol. The lowest BCUT2D eigenvalue weighted by atomic mass is 10.1. The number of carboxylic acids is 1. The van der Waals surface area contributed by atoms with Crippen molar-refractivity contribution >= 4 is 16.9 Å². The van der Waals surface area contributed by atoms with Gasteiger partial charge >= 0.3 is 5.97 Å². The van der Waals surface area contributed by atoms with Gasteiger partial charge in [-0.3, -0.25) is 9.88 Å². The summed E-state index contributed by atoms with van der Waals surface area (Å²) in [5, 5.41) is 19.7. The van der Waals surface area contributed by atoms with Gasteiger partial charge in [-0.1, -0.05) is 5.92 Å². The van der Waals surface area contributed by atoms with E-state index in [4.69, 9.17) is 9.84 Å². The number of morpholine rings is 1. The van der Waals surface area contributed by atoms with Gasteiger partial charge in [0.05, 0.1) is 19.8 Å². The van der Waals surface area contributed by atoms with Crippen LogP contribution in [0.15, 0.2) is 18.3 Å². The van der Waals surface area contributed by atoms with E-state index in [1.165, 1.54) is 6.20 Å². The number of carboxylic acid groups (broad SMARTS) is 1. The van der Waals surface area contributed by atoms with E-state index in [2.05, 4.69) is 26.7 Å². The van der Waals surface area contributed by atoms with Crippen LogP contribution < -0.4 is 0 Å². The summed E-state index contributed by atoms with van der Waals surface area (Å²) in [7, 11) is 0. The zero-order chi connectivity index (χ0) is 16.2. The molecule has 1 saturated heterocycles. The molecular formula is C16H15N3O4. The van der Waals surface area contributed by atoms with Gasteiger partial charge in [0.15, 0.2) is 11.4 Å². The second-order valence-corrected chi connectivity index (χ2v) is 5.05. The van der Waals surface area contributed by atoms with Crippen LogP contribution in [0.1, 0.15) is 16.2 Å². The smallest absolute Gasteiger partial charge is 0.358 e. The highest BCUT2D eigenvalue weighted by Gasteiger charge is 2.18. The SMILES string of the molecule is O=C(O)c1nc(C#CCN2CCOCC2)c2cccnc2c1O. The van der Waals surface area contributed by atoms with Crippen LogP contribution in [0.25, 0.3) is 10.9 Å². The summed E-state index contributed by atoms with van der Waals surface area (Å²) in [6.07, 6.45) is 1.48. The van der Waals surface area contributed by atoms with Gasteiger partial charge < -0.3 is 14.9 Å². The Balaban J connectivity index is 1.96. The average Bonchev–Trinajstić information content (AvgIpc) is 2.58. The summed E-state index contributed by atoms with van der Waals surface area (Å²) in [4.78, 5) is 21.4. The third-order valence-corrected chi connectivity index (χ3v) is 3.55. The van der Waals surface area contributed by atoms with Crippen molar-refractivity contribution in [1.82, 2.24) is 14.9 Å². The van der Waals surface area contributed by atoms with E-state index < -0.39 is 17.4 Å². The molecule has 0 amide bonds. The zero-order valence-electron chi connectivity index (χ0n) is 12.3. The lowest BCUT2D eigenvalue weighted by molar-refractivity contribution is 0.0443. The number of rotatable bonds is 2. The van der Waals surface area contributed by atoms with Crippen molar-refractivity contribution in [3.63, 3.8) is 0 Å². The lowest BCUT2D eigenvalue weighted by Gasteiger charge is -2.24. The van der Waals surface area contributed by atoms with Gasteiger partial charge in [0.1, 0.15) is 11.2 Å². The topological polar surface area (TPSA) is 95.8 Å². The molecule has 118 valence electrons. The highest BCUT2D eigenvalue weighted by Crippen LogP contribution is 2.27. The second kappa shape index (κ2) is 6.60. The average molecular weight is 313 g/mol. The normalized spacial score (nSPS) is 15.1. The molecule has 0 bridgehead atoms. The molecule has 7 nitrogen and oxygen atoms in total. The molecule has 0 aromatic carbocycles. The molecule has 0 unspecified atom stereocenters. The molecule has 2 N–H and O–H groups in total. The number of fused-ring (bicyclic) bond motifs is 1. The van der Waals surface area contributed by atoms with Crippen LogP contribution in [-0.4, -0.2) is 63.9 Å². The van der Waals surface area contributed by atoms with E-state index in [0.717, 1.165) is 13.1 Å². The number of ether oxygens (including phenoxy) is 1. The van der Waals surface area contributed by atoms with Crippen molar-refractivity contribution in [1.29, 1.82) is 0 Å². The minimum absolute atomic E-state index is 0.190. The summed E-state index contributed by atoms with van der Waals surface area (Å²) >= 11 is 0. The van der Waals surface area contributed by atoms with Crippen molar-refractivity contribution in [2.75, 3.05) is 32.8 Å².